The number of piperazine rings is 1. The number of benzene rings is 1. The van der Waals surface area contributed by atoms with E-state index in [1.165, 1.54) is 0 Å². The third-order valence-electron chi connectivity index (χ3n) is 4.54. The molecule has 1 heterocycles. The van der Waals surface area contributed by atoms with Gasteiger partial charge < -0.3 is 14.7 Å². The molecule has 0 aromatic heterocycles. The molecule has 1 fully saturated rings. The molecule has 132 valence electrons. The standard InChI is InChI=1S/C18H26N2O4/c1-4-15-7-5-6-8-16(15)24-14(3)17(21)20-11-9-19(10-12-20)13(2)18(22)23/h5-8,13-14H,4,9-12H2,1-3H3,(H,22,23). The Balaban J connectivity index is 1.91. The van der Waals surface area contributed by atoms with Gasteiger partial charge in [0, 0.05) is 26.2 Å². The minimum absolute atomic E-state index is 0.0523. The molecule has 1 N–H and O–H groups in total. The van der Waals surface area contributed by atoms with Gasteiger partial charge in [0.15, 0.2) is 6.10 Å². The zero-order valence-electron chi connectivity index (χ0n) is 14.6. The molecule has 24 heavy (non-hydrogen) atoms. The molecule has 0 spiro atoms. The number of amides is 1. The van der Waals surface area contributed by atoms with Gasteiger partial charge in [-0.25, -0.2) is 0 Å². The van der Waals surface area contributed by atoms with Crippen molar-refractivity contribution >= 4 is 11.9 Å². The van der Waals surface area contributed by atoms with E-state index in [-0.39, 0.29) is 5.91 Å². The first kappa shape index (κ1) is 18.3. The van der Waals surface area contributed by atoms with Gasteiger partial charge >= 0.3 is 5.97 Å². The van der Waals surface area contributed by atoms with Crippen LogP contribution in [0, 0.1) is 0 Å². The zero-order valence-corrected chi connectivity index (χ0v) is 14.6. The summed E-state index contributed by atoms with van der Waals surface area (Å²) in [4.78, 5) is 27.3. The first-order chi connectivity index (χ1) is 11.4. The summed E-state index contributed by atoms with van der Waals surface area (Å²) >= 11 is 0. The Bertz CT molecular complexity index is 582. The number of aryl methyl sites for hydroxylation is 1. The van der Waals surface area contributed by atoms with E-state index in [1.54, 1.807) is 18.7 Å². The smallest absolute Gasteiger partial charge is 0.320 e. The Labute approximate surface area is 143 Å². The minimum atomic E-state index is -0.831. The number of aliphatic carboxylic acids is 1. The van der Waals surface area contributed by atoms with Crippen molar-refractivity contribution in [1.29, 1.82) is 0 Å². The summed E-state index contributed by atoms with van der Waals surface area (Å²) in [6.45, 7) is 7.68. The van der Waals surface area contributed by atoms with Crippen LogP contribution >= 0.6 is 0 Å². The number of carbonyl (C=O) groups excluding carboxylic acids is 1. The summed E-state index contributed by atoms with van der Waals surface area (Å²) in [5.41, 5.74) is 1.08. The lowest BCUT2D eigenvalue weighted by molar-refractivity contribution is -0.145. The number of carboxylic acid groups (broad SMARTS) is 1. The highest BCUT2D eigenvalue weighted by Crippen LogP contribution is 2.20. The molecule has 1 aliphatic rings. The molecule has 2 rings (SSSR count). The van der Waals surface area contributed by atoms with Gasteiger partial charge in [0.2, 0.25) is 0 Å². The largest absolute Gasteiger partial charge is 0.481 e. The van der Waals surface area contributed by atoms with E-state index in [1.807, 2.05) is 29.2 Å². The number of rotatable bonds is 6. The van der Waals surface area contributed by atoms with Gasteiger partial charge in [0.05, 0.1) is 0 Å². The second-order valence-electron chi connectivity index (χ2n) is 6.10. The molecule has 2 unspecified atom stereocenters. The van der Waals surface area contributed by atoms with E-state index in [4.69, 9.17) is 9.84 Å². The fourth-order valence-electron chi connectivity index (χ4n) is 2.89. The average Bonchev–Trinajstić information content (AvgIpc) is 2.60. The maximum Gasteiger partial charge on any atom is 0.320 e. The fourth-order valence-corrected chi connectivity index (χ4v) is 2.89. The second-order valence-corrected chi connectivity index (χ2v) is 6.10. The van der Waals surface area contributed by atoms with E-state index in [2.05, 4.69) is 6.92 Å². The van der Waals surface area contributed by atoms with Gasteiger partial charge in [-0.2, -0.15) is 0 Å². The molecule has 0 saturated carbocycles. The maximum atomic E-state index is 12.6. The van der Waals surface area contributed by atoms with E-state index in [0.717, 1.165) is 17.7 Å². The third kappa shape index (κ3) is 4.26. The van der Waals surface area contributed by atoms with Crippen molar-refractivity contribution in [2.45, 2.75) is 39.3 Å². The normalized spacial score (nSPS) is 18.0. The summed E-state index contributed by atoms with van der Waals surface area (Å²) in [6.07, 6.45) is 0.296. The van der Waals surface area contributed by atoms with Crippen molar-refractivity contribution in [3.05, 3.63) is 29.8 Å². The number of para-hydroxylation sites is 1. The zero-order chi connectivity index (χ0) is 17.7. The Hall–Kier alpha value is -2.08. The highest BCUT2D eigenvalue weighted by atomic mass is 16.5. The molecule has 0 radical (unpaired) electrons. The van der Waals surface area contributed by atoms with Gasteiger partial charge in [0.1, 0.15) is 11.8 Å². The monoisotopic (exact) mass is 334 g/mol. The van der Waals surface area contributed by atoms with E-state index in [0.29, 0.717) is 26.2 Å². The lowest BCUT2D eigenvalue weighted by Crippen LogP contribution is -2.55. The fraction of sp³-hybridized carbons (Fsp3) is 0.556. The van der Waals surface area contributed by atoms with E-state index >= 15 is 0 Å². The van der Waals surface area contributed by atoms with Crippen molar-refractivity contribution in [2.24, 2.45) is 0 Å². The van der Waals surface area contributed by atoms with Crippen LogP contribution in [0.25, 0.3) is 0 Å². The molecule has 1 aliphatic heterocycles. The van der Waals surface area contributed by atoms with Gasteiger partial charge in [-0.15, -0.1) is 0 Å². The number of hydrogen-bond acceptors (Lipinski definition) is 4. The van der Waals surface area contributed by atoms with Crippen molar-refractivity contribution < 1.29 is 19.4 Å². The van der Waals surface area contributed by atoms with E-state index < -0.39 is 18.1 Å². The number of ether oxygens (including phenoxy) is 1. The van der Waals surface area contributed by atoms with Gasteiger partial charge in [0.25, 0.3) is 5.91 Å². The topological polar surface area (TPSA) is 70.1 Å². The Morgan fingerprint density at radius 1 is 1.17 bits per heavy atom. The summed E-state index contributed by atoms with van der Waals surface area (Å²) in [7, 11) is 0. The molecule has 1 aromatic rings. The van der Waals surface area contributed by atoms with Crippen LogP contribution in [0.15, 0.2) is 24.3 Å². The summed E-state index contributed by atoms with van der Waals surface area (Å²) in [6, 6.07) is 7.22. The molecule has 1 aromatic carbocycles. The molecule has 1 amide bonds. The van der Waals surface area contributed by atoms with Gasteiger partial charge in [-0.1, -0.05) is 25.1 Å². The van der Waals surface area contributed by atoms with Crippen LogP contribution < -0.4 is 4.74 Å². The first-order valence-corrected chi connectivity index (χ1v) is 8.44. The Morgan fingerprint density at radius 3 is 2.38 bits per heavy atom. The quantitative estimate of drug-likeness (QED) is 0.856. The molecular weight excluding hydrogens is 308 g/mol. The number of hydrogen-bond donors (Lipinski definition) is 1. The van der Waals surface area contributed by atoms with Crippen LogP contribution in [0.2, 0.25) is 0 Å². The van der Waals surface area contributed by atoms with Crippen molar-refractivity contribution in [3.8, 4) is 5.75 Å². The highest BCUT2D eigenvalue weighted by molar-refractivity contribution is 5.81. The molecule has 6 heteroatoms. The minimum Gasteiger partial charge on any atom is -0.481 e. The van der Waals surface area contributed by atoms with Crippen LogP contribution in [0.1, 0.15) is 26.3 Å². The van der Waals surface area contributed by atoms with Crippen molar-refractivity contribution in [1.82, 2.24) is 9.80 Å². The Kier molecular flexibility index (Phi) is 6.20. The lowest BCUT2D eigenvalue weighted by atomic mass is 10.1. The molecule has 1 saturated heterocycles. The van der Waals surface area contributed by atoms with Crippen LogP contribution in [0.3, 0.4) is 0 Å². The van der Waals surface area contributed by atoms with Crippen LogP contribution in [0.5, 0.6) is 5.75 Å². The molecule has 0 bridgehead atoms. The Morgan fingerprint density at radius 2 is 1.79 bits per heavy atom. The molecule has 0 aliphatic carbocycles. The summed E-state index contributed by atoms with van der Waals surface area (Å²) < 4.78 is 5.86. The SMILES string of the molecule is CCc1ccccc1OC(C)C(=O)N1CCN(C(C)C(=O)O)CC1. The lowest BCUT2D eigenvalue weighted by Gasteiger charge is -2.37. The predicted molar refractivity (Wildman–Crippen MR) is 91.2 cm³/mol. The van der Waals surface area contributed by atoms with Crippen LogP contribution in [-0.2, 0) is 16.0 Å². The van der Waals surface area contributed by atoms with Crippen molar-refractivity contribution in [2.75, 3.05) is 26.2 Å². The average molecular weight is 334 g/mol. The highest BCUT2D eigenvalue weighted by Gasteiger charge is 2.29. The van der Waals surface area contributed by atoms with Crippen LogP contribution in [-0.4, -0.2) is 65.1 Å². The number of carbonyl (C=O) groups is 2. The molecule has 2 atom stereocenters. The number of carboxylic acids is 1. The van der Waals surface area contributed by atoms with Crippen LogP contribution in [0.4, 0.5) is 0 Å². The maximum absolute atomic E-state index is 12.6. The first-order valence-electron chi connectivity index (χ1n) is 8.44. The molecule has 6 nitrogen and oxygen atoms in total. The van der Waals surface area contributed by atoms with E-state index in [9.17, 15) is 9.59 Å². The summed E-state index contributed by atoms with van der Waals surface area (Å²) in [5, 5.41) is 9.07. The van der Waals surface area contributed by atoms with Crippen molar-refractivity contribution in [3.63, 3.8) is 0 Å². The van der Waals surface area contributed by atoms with Gasteiger partial charge in [-0.05, 0) is 31.9 Å². The second kappa shape index (κ2) is 8.15. The number of nitrogens with zero attached hydrogens (tertiary/aromatic N) is 2. The molecular formula is C18H26N2O4. The summed E-state index contributed by atoms with van der Waals surface area (Å²) in [5.74, 6) is -0.134. The third-order valence-corrected chi connectivity index (χ3v) is 4.54. The predicted octanol–water partition coefficient (Wildman–Crippen LogP) is 1.63. The van der Waals surface area contributed by atoms with Gasteiger partial charge in [-0.3, -0.25) is 14.5 Å².